The minimum absolute atomic E-state index is 0.0144. The highest BCUT2D eigenvalue weighted by Gasteiger charge is 2.39. The second-order valence-electron chi connectivity index (χ2n) is 2.91. The van der Waals surface area contributed by atoms with Crippen LogP contribution in [0.2, 0.25) is 0 Å². The maximum atomic E-state index is 10.9. The van der Waals surface area contributed by atoms with Crippen molar-refractivity contribution in [3.63, 3.8) is 0 Å². The molecule has 0 fully saturated rings. The molecule has 0 spiro atoms. The Kier molecular flexibility index (Phi) is 7.18. The van der Waals surface area contributed by atoms with E-state index in [0.717, 1.165) is 6.08 Å². The number of hydrogen-bond acceptors (Lipinski definition) is 6. The Hall–Kier alpha value is -0.733. The Labute approximate surface area is 96.3 Å². The van der Waals surface area contributed by atoms with Gasteiger partial charge >= 0.3 is 15.0 Å². The lowest BCUT2D eigenvalue weighted by Gasteiger charge is -2.22. The average molecular weight is 250 g/mol. The van der Waals surface area contributed by atoms with E-state index in [1.54, 1.807) is 0 Å². The first-order chi connectivity index (χ1) is 7.51. The van der Waals surface area contributed by atoms with Crippen molar-refractivity contribution in [2.45, 2.75) is 19.4 Å². The Balaban J connectivity index is 4.13. The second kappa shape index (κ2) is 7.53. The molecule has 7 heteroatoms. The second-order valence-corrected chi connectivity index (χ2v) is 5.07. The van der Waals surface area contributed by atoms with E-state index >= 15 is 0 Å². The normalized spacial score (nSPS) is 13.2. The molecule has 0 aliphatic heterocycles. The fourth-order valence-electron chi connectivity index (χ4n) is 0.847. The summed E-state index contributed by atoms with van der Waals surface area (Å²) in [5, 5.41) is 0. The van der Waals surface area contributed by atoms with E-state index < -0.39 is 21.1 Å². The number of carbonyl (C=O) groups excluding carboxylic acids is 1. The maximum Gasteiger partial charge on any atom is 0.676 e. The van der Waals surface area contributed by atoms with Crippen LogP contribution < -0.4 is 0 Å². The lowest BCUT2D eigenvalue weighted by atomic mass is 10.3. The predicted octanol–water partition coefficient (Wildman–Crippen LogP) is 0.231. The first-order valence-corrected chi connectivity index (χ1v) is 6.48. The van der Waals surface area contributed by atoms with E-state index in [4.69, 9.17) is 18.0 Å². The summed E-state index contributed by atoms with van der Waals surface area (Å²) in [4.78, 5) is 20.5. The van der Waals surface area contributed by atoms with Gasteiger partial charge in [-0.2, -0.15) is 0 Å². The van der Waals surface area contributed by atoms with Crippen molar-refractivity contribution in [2.75, 3.05) is 20.8 Å². The van der Waals surface area contributed by atoms with Crippen LogP contribution in [-0.4, -0.2) is 46.7 Å². The molecule has 0 rings (SSSR count). The summed E-state index contributed by atoms with van der Waals surface area (Å²) in [5.41, 5.74) is 0. The van der Waals surface area contributed by atoms with Gasteiger partial charge in [-0.05, 0) is 6.42 Å². The molecule has 0 aliphatic carbocycles. The van der Waals surface area contributed by atoms with Crippen molar-refractivity contribution in [2.24, 2.45) is 0 Å². The lowest BCUT2D eigenvalue weighted by Crippen LogP contribution is -2.46. The van der Waals surface area contributed by atoms with Gasteiger partial charge in [0.25, 0.3) is 0 Å². The molecule has 6 nitrogen and oxygen atoms in total. The summed E-state index contributed by atoms with van der Waals surface area (Å²) in [6, 6.07) is 0. The summed E-state index contributed by atoms with van der Waals surface area (Å²) in [5.74, 6) is -0.532. The van der Waals surface area contributed by atoms with Crippen LogP contribution in [0.5, 0.6) is 0 Å². The van der Waals surface area contributed by atoms with E-state index in [1.807, 2.05) is 6.92 Å². The van der Waals surface area contributed by atoms with E-state index in [1.165, 1.54) is 14.2 Å². The molecule has 1 atom stereocenters. The van der Waals surface area contributed by atoms with E-state index in [9.17, 15) is 9.59 Å². The molecular weight excluding hydrogens is 232 g/mol. The van der Waals surface area contributed by atoms with Crippen LogP contribution in [0.4, 0.5) is 0 Å². The van der Waals surface area contributed by atoms with Gasteiger partial charge in [0.1, 0.15) is 6.10 Å². The molecule has 94 valence electrons. The van der Waals surface area contributed by atoms with Crippen LogP contribution in [0, 0.1) is 0 Å². The highest BCUT2D eigenvalue weighted by Crippen LogP contribution is 2.07. The number of hydrogen-bond donors (Lipinski definition) is 1. The Morgan fingerprint density at radius 1 is 1.50 bits per heavy atom. The summed E-state index contributed by atoms with van der Waals surface area (Å²) < 4.78 is 19.4. The van der Waals surface area contributed by atoms with Crippen LogP contribution in [0.25, 0.3) is 0 Å². The zero-order chi connectivity index (χ0) is 12.6. The monoisotopic (exact) mass is 250 g/mol. The summed E-state index contributed by atoms with van der Waals surface area (Å²) >= 11 is 0. The Bertz CT molecular complexity index is 228. The van der Waals surface area contributed by atoms with Gasteiger partial charge in [-0.25, -0.2) is 4.79 Å². The van der Waals surface area contributed by atoms with Crippen LogP contribution >= 0.6 is 0 Å². The molecule has 16 heavy (non-hydrogen) atoms. The van der Waals surface area contributed by atoms with Gasteiger partial charge in [-0.1, -0.05) is 13.5 Å². The first kappa shape index (κ1) is 15.3. The van der Waals surface area contributed by atoms with Crippen molar-refractivity contribution in [1.82, 2.24) is 0 Å². The minimum Gasteiger partial charge on any atom is -0.457 e. The molecule has 0 saturated heterocycles. The van der Waals surface area contributed by atoms with Gasteiger partial charge in [0, 0.05) is 20.3 Å². The maximum absolute atomic E-state index is 10.9. The smallest absolute Gasteiger partial charge is 0.457 e. The molecule has 0 aromatic carbocycles. The van der Waals surface area contributed by atoms with Gasteiger partial charge in [0.2, 0.25) is 0 Å². The molecule has 0 radical (unpaired) electrons. The molecule has 0 aromatic rings. The lowest BCUT2D eigenvalue weighted by molar-refractivity contribution is -0.146. The number of esters is 1. The van der Waals surface area contributed by atoms with Gasteiger partial charge in [-0.3, -0.25) is 0 Å². The fraction of sp³-hybridized carbons (Fsp3) is 0.667. The van der Waals surface area contributed by atoms with Crippen LogP contribution in [0.3, 0.4) is 0 Å². The molecule has 1 unspecified atom stereocenters. The van der Waals surface area contributed by atoms with Gasteiger partial charge in [-0.15, -0.1) is 0 Å². The first-order valence-electron chi connectivity index (χ1n) is 4.81. The van der Waals surface area contributed by atoms with Gasteiger partial charge in [0.15, 0.2) is 0 Å². The van der Waals surface area contributed by atoms with Crippen LogP contribution in [-0.2, 0) is 22.8 Å². The average Bonchev–Trinajstić information content (AvgIpc) is 2.33. The molecule has 0 aromatic heterocycles. The third-order valence-corrected chi connectivity index (χ3v) is 3.44. The van der Waals surface area contributed by atoms with Crippen molar-refractivity contribution in [3.05, 3.63) is 12.7 Å². The molecule has 0 bridgehead atoms. The van der Waals surface area contributed by atoms with Crippen LogP contribution in [0.1, 0.15) is 13.3 Å². The van der Waals surface area contributed by atoms with E-state index in [0.29, 0.717) is 6.42 Å². The SMILES string of the molecule is C=CC(=O)OC(CC)CO[Si](O)(OC)OC. The predicted molar refractivity (Wildman–Crippen MR) is 58.3 cm³/mol. The highest BCUT2D eigenvalue weighted by atomic mass is 28.4. The molecule has 0 saturated carbocycles. The minimum atomic E-state index is -3.55. The third kappa shape index (κ3) is 5.38. The van der Waals surface area contributed by atoms with Crippen LogP contribution in [0.15, 0.2) is 12.7 Å². The highest BCUT2D eigenvalue weighted by molar-refractivity contribution is 6.51. The molecule has 0 aliphatic rings. The fourth-order valence-corrected chi connectivity index (χ4v) is 1.65. The zero-order valence-corrected chi connectivity index (χ0v) is 10.8. The molecule has 1 N–H and O–H groups in total. The quantitative estimate of drug-likeness (QED) is 0.378. The Morgan fingerprint density at radius 3 is 2.44 bits per heavy atom. The Morgan fingerprint density at radius 2 is 2.06 bits per heavy atom. The van der Waals surface area contributed by atoms with E-state index in [-0.39, 0.29) is 6.61 Å². The van der Waals surface area contributed by atoms with Crippen molar-refractivity contribution in [1.29, 1.82) is 0 Å². The van der Waals surface area contributed by atoms with Crippen molar-refractivity contribution >= 4 is 15.0 Å². The number of ether oxygens (including phenoxy) is 1. The zero-order valence-electron chi connectivity index (χ0n) is 9.76. The summed E-state index contributed by atoms with van der Waals surface area (Å²) in [7, 11) is -0.986. The summed E-state index contributed by atoms with van der Waals surface area (Å²) in [6.07, 6.45) is 1.16. The standard InChI is InChI=1S/C9H18O6Si/c1-5-8(15-9(10)6-2)7-14-16(11,12-3)13-4/h6,8,11H,2,5,7H2,1,3-4H3. The van der Waals surface area contributed by atoms with Crippen molar-refractivity contribution < 1.29 is 27.6 Å². The van der Waals surface area contributed by atoms with Gasteiger partial charge in [0.05, 0.1) is 6.61 Å². The summed E-state index contributed by atoms with van der Waals surface area (Å²) in [6.45, 7) is 5.12. The third-order valence-electron chi connectivity index (χ3n) is 1.87. The largest absolute Gasteiger partial charge is 0.676 e. The molecular formula is C9H18O6Si. The number of rotatable bonds is 8. The van der Waals surface area contributed by atoms with E-state index in [2.05, 4.69) is 6.58 Å². The van der Waals surface area contributed by atoms with Crippen molar-refractivity contribution in [3.8, 4) is 0 Å². The number of carbonyl (C=O) groups is 1. The van der Waals surface area contributed by atoms with Gasteiger partial charge < -0.3 is 22.8 Å². The molecule has 0 amide bonds. The topological polar surface area (TPSA) is 74.2 Å². The molecule has 0 heterocycles.